The first-order valence-electron chi connectivity index (χ1n) is 4.75. The van der Waals surface area contributed by atoms with Crippen LogP contribution in [0.2, 0.25) is 0 Å². The van der Waals surface area contributed by atoms with Gasteiger partial charge in [-0.1, -0.05) is 12.2 Å². The van der Waals surface area contributed by atoms with Gasteiger partial charge in [0, 0.05) is 11.3 Å². The highest BCUT2D eigenvalue weighted by molar-refractivity contribution is 7.80. The molecule has 0 bridgehead atoms. The van der Waals surface area contributed by atoms with Gasteiger partial charge in [0.1, 0.15) is 4.99 Å². The van der Waals surface area contributed by atoms with Crippen molar-refractivity contribution in [2.45, 2.75) is 6.18 Å². The highest BCUT2D eigenvalue weighted by atomic mass is 32.1. The fraction of sp³-hybridized carbons (Fsp3) is 0.200. The van der Waals surface area contributed by atoms with Crippen LogP contribution in [0.15, 0.2) is 18.2 Å². The molecule has 5 N–H and O–H groups in total. The summed E-state index contributed by atoms with van der Waals surface area (Å²) < 4.78 is 37.5. The monoisotopic (exact) mass is 277 g/mol. The minimum Gasteiger partial charge on any atom is -0.389 e. The molecule has 4 nitrogen and oxygen atoms in total. The third kappa shape index (κ3) is 3.59. The summed E-state index contributed by atoms with van der Waals surface area (Å²) in [5.41, 5.74) is 9.64. The molecule has 0 fully saturated rings. The Kier molecular flexibility index (Phi) is 4.12. The molecule has 0 atom stereocenters. The van der Waals surface area contributed by atoms with Gasteiger partial charge in [0.15, 0.2) is 0 Å². The van der Waals surface area contributed by atoms with Gasteiger partial charge in [0.2, 0.25) is 5.91 Å². The Bertz CT molecular complexity index is 488. The van der Waals surface area contributed by atoms with E-state index in [0.717, 1.165) is 18.2 Å². The van der Waals surface area contributed by atoms with Crippen LogP contribution >= 0.6 is 12.2 Å². The molecule has 1 aromatic carbocycles. The molecule has 0 spiro atoms. The molecule has 0 saturated heterocycles. The van der Waals surface area contributed by atoms with Gasteiger partial charge in [0.05, 0.1) is 12.1 Å². The first-order valence-corrected chi connectivity index (χ1v) is 5.16. The number of hydrogen-bond donors (Lipinski definition) is 3. The zero-order chi connectivity index (χ0) is 13.9. The number of alkyl halides is 3. The van der Waals surface area contributed by atoms with E-state index in [1.165, 1.54) is 0 Å². The van der Waals surface area contributed by atoms with Crippen molar-refractivity contribution in [2.24, 2.45) is 11.5 Å². The smallest absolute Gasteiger partial charge is 0.389 e. The highest BCUT2D eigenvalue weighted by Crippen LogP contribution is 2.31. The molecule has 0 radical (unpaired) electrons. The SMILES string of the molecule is NC(=O)CNc1ccc(C(F)(F)F)cc1C(N)=S. The van der Waals surface area contributed by atoms with Crippen LogP contribution in [0.4, 0.5) is 18.9 Å². The minimum absolute atomic E-state index is 0.0149. The molecule has 1 rings (SSSR count). The number of carbonyl (C=O) groups excluding carboxylic acids is 1. The highest BCUT2D eigenvalue weighted by Gasteiger charge is 2.31. The van der Waals surface area contributed by atoms with E-state index < -0.39 is 17.6 Å². The molecule has 0 saturated carbocycles. The van der Waals surface area contributed by atoms with Crippen LogP contribution in [0.25, 0.3) is 0 Å². The van der Waals surface area contributed by atoms with Gasteiger partial charge in [-0.15, -0.1) is 0 Å². The maximum absolute atomic E-state index is 12.5. The van der Waals surface area contributed by atoms with Gasteiger partial charge < -0.3 is 16.8 Å². The van der Waals surface area contributed by atoms with Crippen LogP contribution in [-0.2, 0) is 11.0 Å². The number of nitrogens with one attached hydrogen (secondary N) is 1. The van der Waals surface area contributed by atoms with Gasteiger partial charge >= 0.3 is 6.18 Å². The lowest BCUT2D eigenvalue weighted by atomic mass is 10.1. The topological polar surface area (TPSA) is 81.1 Å². The van der Waals surface area contributed by atoms with E-state index in [0.29, 0.717) is 0 Å². The summed E-state index contributed by atoms with van der Waals surface area (Å²) in [5, 5.41) is 2.56. The molecule has 0 aliphatic heterocycles. The van der Waals surface area contributed by atoms with Crippen LogP contribution in [0.3, 0.4) is 0 Å². The number of rotatable bonds is 4. The average Bonchev–Trinajstić information content (AvgIpc) is 2.24. The predicted molar refractivity (Wildman–Crippen MR) is 65.0 cm³/mol. The fourth-order valence-electron chi connectivity index (χ4n) is 1.26. The molecule has 18 heavy (non-hydrogen) atoms. The molecule has 0 aliphatic rings. The molecule has 0 heterocycles. The first-order chi connectivity index (χ1) is 8.21. The van der Waals surface area contributed by atoms with Crippen molar-refractivity contribution in [3.8, 4) is 0 Å². The number of hydrogen-bond acceptors (Lipinski definition) is 3. The van der Waals surface area contributed by atoms with E-state index in [9.17, 15) is 18.0 Å². The quantitative estimate of drug-likeness (QED) is 0.723. The maximum atomic E-state index is 12.5. The van der Waals surface area contributed by atoms with E-state index in [1.54, 1.807) is 0 Å². The minimum atomic E-state index is -4.48. The largest absolute Gasteiger partial charge is 0.416 e. The number of halogens is 3. The molecule has 0 unspecified atom stereocenters. The molecule has 0 aromatic heterocycles. The Hall–Kier alpha value is -1.83. The summed E-state index contributed by atoms with van der Waals surface area (Å²) in [7, 11) is 0. The summed E-state index contributed by atoms with van der Waals surface area (Å²) in [4.78, 5) is 10.4. The van der Waals surface area contributed by atoms with Crippen molar-refractivity contribution in [1.82, 2.24) is 0 Å². The summed E-state index contributed by atoms with van der Waals surface area (Å²) >= 11 is 4.67. The average molecular weight is 277 g/mol. The van der Waals surface area contributed by atoms with Crippen LogP contribution in [0, 0.1) is 0 Å². The van der Waals surface area contributed by atoms with Crippen molar-refractivity contribution >= 4 is 28.8 Å². The standard InChI is InChI=1S/C10H10F3N3OS/c11-10(12,13)5-1-2-7(16-4-8(14)17)6(3-5)9(15)18/h1-3,16H,4H2,(H2,14,17)(H2,15,18). The number of amides is 1. The summed E-state index contributed by atoms with van der Waals surface area (Å²) in [6, 6.07) is 2.84. The summed E-state index contributed by atoms with van der Waals surface area (Å²) in [6.07, 6.45) is -4.48. The van der Waals surface area contributed by atoms with Crippen molar-refractivity contribution < 1.29 is 18.0 Å². The van der Waals surface area contributed by atoms with Gasteiger partial charge in [-0.3, -0.25) is 4.79 Å². The zero-order valence-electron chi connectivity index (χ0n) is 9.04. The summed E-state index contributed by atoms with van der Waals surface area (Å²) in [6.45, 7) is -0.221. The Balaban J connectivity index is 3.13. The van der Waals surface area contributed by atoms with E-state index in [4.69, 9.17) is 11.5 Å². The number of carbonyl (C=O) groups is 1. The van der Waals surface area contributed by atoms with E-state index in [2.05, 4.69) is 17.5 Å². The number of nitrogens with two attached hydrogens (primary N) is 2. The lowest BCUT2D eigenvalue weighted by Crippen LogP contribution is -2.23. The molecule has 0 aliphatic carbocycles. The van der Waals surface area contributed by atoms with Gasteiger partial charge in [-0.25, -0.2) is 0 Å². The molecule has 98 valence electrons. The zero-order valence-corrected chi connectivity index (χ0v) is 9.86. The Morgan fingerprint density at radius 3 is 2.39 bits per heavy atom. The first kappa shape index (κ1) is 14.2. The van der Waals surface area contributed by atoms with Crippen molar-refractivity contribution in [3.05, 3.63) is 29.3 Å². The Morgan fingerprint density at radius 2 is 1.94 bits per heavy atom. The lowest BCUT2D eigenvalue weighted by molar-refractivity contribution is -0.137. The van der Waals surface area contributed by atoms with Crippen molar-refractivity contribution in [2.75, 3.05) is 11.9 Å². The van der Waals surface area contributed by atoms with Crippen LogP contribution in [0.5, 0.6) is 0 Å². The predicted octanol–water partition coefficient (Wildman–Crippen LogP) is 1.24. The number of anilines is 1. The van der Waals surface area contributed by atoms with E-state index in [1.807, 2.05) is 0 Å². The second-order valence-electron chi connectivity index (χ2n) is 3.44. The van der Waals surface area contributed by atoms with E-state index >= 15 is 0 Å². The van der Waals surface area contributed by atoms with Gasteiger partial charge in [-0.05, 0) is 18.2 Å². The van der Waals surface area contributed by atoms with Gasteiger partial charge in [-0.2, -0.15) is 13.2 Å². The van der Waals surface area contributed by atoms with Crippen LogP contribution in [0.1, 0.15) is 11.1 Å². The van der Waals surface area contributed by atoms with Gasteiger partial charge in [0.25, 0.3) is 0 Å². The summed E-state index contributed by atoms with van der Waals surface area (Å²) in [5.74, 6) is -0.649. The Morgan fingerprint density at radius 1 is 1.33 bits per heavy atom. The van der Waals surface area contributed by atoms with Crippen molar-refractivity contribution in [3.63, 3.8) is 0 Å². The molecular formula is C10H10F3N3OS. The van der Waals surface area contributed by atoms with Crippen molar-refractivity contribution in [1.29, 1.82) is 0 Å². The number of primary amides is 1. The number of benzene rings is 1. The van der Waals surface area contributed by atoms with Crippen LogP contribution < -0.4 is 16.8 Å². The Labute approximate surface area is 106 Å². The fourth-order valence-corrected chi connectivity index (χ4v) is 1.43. The normalized spacial score (nSPS) is 11.1. The maximum Gasteiger partial charge on any atom is 0.416 e. The lowest BCUT2D eigenvalue weighted by Gasteiger charge is -2.13. The second kappa shape index (κ2) is 5.21. The van der Waals surface area contributed by atoms with E-state index in [-0.39, 0.29) is 22.8 Å². The molecular weight excluding hydrogens is 267 g/mol. The third-order valence-corrected chi connectivity index (χ3v) is 2.29. The molecule has 8 heteroatoms. The molecule has 1 aromatic rings. The molecule has 1 amide bonds. The third-order valence-electron chi connectivity index (χ3n) is 2.07. The van der Waals surface area contributed by atoms with Crippen LogP contribution in [-0.4, -0.2) is 17.4 Å². The second-order valence-corrected chi connectivity index (χ2v) is 3.88. The number of thiocarbonyl (C=S) groups is 1.